The Balaban J connectivity index is 1.29. The Morgan fingerprint density at radius 2 is 1.85 bits per heavy atom. The number of nitrogens with one attached hydrogen (secondary N) is 3. The second kappa shape index (κ2) is 9.69. The number of rotatable bonds is 6. The second-order valence-electron chi connectivity index (χ2n) is 8.07. The summed E-state index contributed by atoms with van der Waals surface area (Å²) >= 11 is 0. The lowest BCUT2D eigenvalue weighted by atomic mass is 10.1. The molecule has 2 amide bonds. The van der Waals surface area contributed by atoms with Crippen LogP contribution in [0.1, 0.15) is 21.7 Å². The molecule has 0 spiro atoms. The van der Waals surface area contributed by atoms with Crippen molar-refractivity contribution in [3.8, 4) is 0 Å². The maximum absolute atomic E-state index is 12.7. The van der Waals surface area contributed by atoms with E-state index in [1.54, 1.807) is 18.2 Å². The van der Waals surface area contributed by atoms with Gasteiger partial charge in [-0.2, -0.15) is 0 Å². The van der Waals surface area contributed by atoms with Crippen LogP contribution in [0.25, 0.3) is 11.6 Å². The molecule has 5 rings (SSSR count). The molecule has 11 heteroatoms. The highest BCUT2D eigenvalue weighted by Gasteiger charge is 2.31. The van der Waals surface area contributed by atoms with Crippen LogP contribution in [-0.2, 0) is 14.3 Å². The Hall–Kier alpha value is -3.28. The summed E-state index contributed by atoms with van der Waals surface area (Å²) in [7, 11) is 0. The highest BCUT2D eigenvalue weighted by atomic mass is 16.5. The maximum Gasteiger partial charge on any atom is 0.267 e. The van der Waals surface area contributed by atoms with E-state index in [0.29, 0.717) is 67.0 Å². The number of aromatic nitrogens is 3. The van der Waals surface area contributed by atoms with Crippen LogP contribution in [0.2, 0.25) is 0 Å². The molecule has 11 nitrogen and oxygen atoms in total. The molecule has 0 aliphatic carbocycles. The van der Waals surface area contributed by atoms with E-state index < -0.39 is 0 Å². The second-order valence-corrected chi connectivity index (χ2v) is 8.07. The molecule has 2 aromatic rings. The van der Waals surface area contributed by atoms with E-state index in [4.69, 9.17) is 9.47 Å². The largest absolute Gasteiger partial charge is 0.379 e. The highest BCUT2D eigenvalue weighted by molar-refractivity contribution is 6.35. The summed E-state index contributed by atoms with van der Waals surface area (Å²) < 4.78 is 10.8. The number of hydrogen-bond acceptors (Lipinski definition) is 8. The Morgan fingerprint density at radius 1 is 1.09 bits per heavy atom. The fraction of sp³-hybridized carbons (Fsp3) is 0.455. The highest BCUT2D eigenvalue weighted by Crippen LogP contribution is 2.37. The molecule has 3 aliphatic rings. The molecule has 0 saturated carbocycles. The van der Waals surface area contributed by atoms with E-state index in [1.807, 2.05) is 0 Å². The minimum atomic E-state index is -0.244. The van der Waals surface area contributed by atoms with Crippen molar-refractivity contribution in [1.29, 1.82) is 0 Å². The predicted octanol–water partition coefficient (Wildman–Crippen LogP) is 0.196. The van der Waals surface area contributed by atoms with Crippen LogP contribution >= 0.6 is 0 Å². The fourth-order valence-corrected chi connectivity index (χ4v) is 4.19. The van der Waals surface area contributed by atoms with Gasteiger partial charge in [-0.3, -0.25) is 14.5 Å². The van der Waals surface area contributed by atoms with Crippen molar-refractivity contribution in [1.82, 2.24) is 25.2 Å². The Labute approximate surface area is 191 Å². The van der Waals surface area contributed by atoms with Crippen molar-refractivity contribution in [3.05, 3.63) is 35.4 Å². The van der Waals surface area contributed by atoms with Gasteiger partial charge < -0.3 is 30.0 Å². The van der Waals surface area contributed by atoms with Crippen molar-refractivity contribution in [2.45, 2.75) is 0 Å². The number of fused-ring (bicyclic) bond motifs is 1. The molecule has 5 heterocycles. The lowest BCUT2D eigenvalue weighted by Crippen LogP contribution is -2.41. The van der Waals surface area contributed by atoms with Gasteiger partial charge >= 0.3 is 0 Å². The molecule has 2 fully saturated rings. The third-order valence-corrected chi connectivity index (χ3v) is 5.95. The number of anilines is 2. The summed E-state index contributed by atoms with van der Waals surface area (Å²) in [6.07, 6.45) is 3.19. The molecule has 3 aliphatic heterocycles. The van der Waals surface area contributed by atoms with Gasteiger partial charge in [-0.05, 0) is 18.2 Å². The summed E-state index contributed by atoms with van der Waals surface area (Å²) in [5, 5.41) is 5.75. The normalized spacial score (nSPS) is 20.1. The van der Waals surface area contributed by atoms with E-state index in [2.05, 4.69) is 35.4 Å². The molecule has 0 unspecified atom stereocenters. The van der Waals surface area contributed by atoms with Crippen LogP contribution in [0.5, 0.6) is 0 Å². The SMILES string of the molecule is O=C1Nc2ncnc(N3CCOCC3)c2/C1=C/c1ccc(C(=O)NCCN2CCOCC2)[nH]1. The van der Waals surface area contributed by atoms with Gasteiger partial charge in [0.15, 0.2) is 0 Å². The Morgan fingerprint density at radius 3 is 2.64 bits per heavy atom. The standard InChI is InChI=1S/C22H27N7O4/c30-21-16(18-19(27-21)24-14-25-20(18)29-7-11-33-12-8-29)13-15-1-2-17(26-15)22(31)23-3-4-28-5-9-32-10-6-28/h1-2,13-14,26H,3-12H2,(H,23,31)(H,24,25,27,30)/b16-13-. The minimum Gasteiger partial charge on any atom is -0.379 e. The van der Waals surface area contributed by atoms with Gasteiger partial charge in [-0.25, -0.2) is 9.97 Å². The van der Waals surface area contributed by atoms with Gasteiger partial charge in [0, 0.05) is 45.0 Å². The van der Waals surface area contributed by atoms with Crippen molar-refractivity contribution >= 4 is 35.1 Å². The number of ether oxygens (including phenoxy) is 2. The molecule has 0 radical (unpaired) electrons. The van der Waals surface area contributed by atoms with Gasteiger partial charge in [0.2, 0.25) is 0 Å². The quantitative estimate of drug-likeness (QED) is 0.530. The number of amides is 2. The van der Waals surface area contributed by atoms with Crippen LogP contribution in [0.3, 0.4) is 0 Å². The van der Waals surface area contributed by atoms with E-state index in [9.17, 15) is 9.59 Å². The molecular formula is C22H27N7O4. The molecule has 0 atom stereocenters. The zero-order valence-corrected chi connectivity index (χ0v) is 18.3. The zero-order chi connectivity index (χ0) is 22.6. The molecule has 33 heavy (non-hydrogen) atoms. The van der Waals surface area contributed by atoms with E-state index in [-0.39, 0.29) is 11.8 Å². The summed E-state index contributed by atoms with van der Waals surface area (Å²) in [5.41, 5.74) is 2.24. The summed E-state index contributed by atoms with van der Waals surface area (Å²) in [4.78, 5) is 41.4. The summed E-state index contributed by atoms with van der Waals surface area (Å²) in [6, 6.07) is 3.50. The topological polar surface area (TPSA) is 125 Å². The number of morpholine rings is 2. The first-order valence-corrected chi connectivity index (χ1v) is 11.2. The first kappa shape index (κ1) is 21.6. The van der Waals surface area contributed by atoms with Crippen LogP contribution in [0.15, 0.2) is 18.5 Å². The monoisotopic (exact) mass is 453 g/mol. The Kier molecular flexibility index (Phi) is 6.33. The van der Waals surface area contributed by atoms with Gasteiger partial charge in [0.1, 0.15) is 23.7 Å². The van der Waals surface area contributed by atoms with Gasteiger partial charge in [0.25, 0.3) is 11.8 Å². The molecule has 2 saturated heterocycles. The minimum absolute atomic E-state index is 0.179. The molecule has 3 N–H and O–H groups in total. The molecule has 174 valence electrons. The number of hydrogen-bond donors (Lipinski definition) is 3. The lowest BCUT2D eigenvalue weighted by Gasteiger charge is -2.28. The molecule has 0 bridgehead atoms. The smallest absolute Gasteiger partial charge is 0.267 e. The molecule has 0 aromatic carbocycles. The van der Waals surface area contributed by atoms with Gasteiger partial charge in [-0.15, -0.1) is 0 Å². The summed E-state index contributed by atoms with van der Waals surface area (Å²) in [5.74, 6) is 0.781. The first-order chi connectivity index (χ1) is 16.2. The average Bonchev–Trinajstić information content (AvgIpc) is 3.45. The van der Waals surface area contributed by atoms with E-state index in [1.165, 1.54) is 6.33 Å². The number of carbonyl (C=O) groups excluding carboxylic acids is 2. The Bertz CT molecular complexity index is 1050. The van der Waals surface area contributed by atoms with Gasteiger partial charge in [0.05, 0.1) is 37.6 Å². The van der Waals surface area contributed by atoms with Crippen LogP contribution in [0, 0.1) is 0 Å². The van der Waals surface area contributed by atoms with E-state index >= 15 is 0 Å². The van der Waals surface area contributed by atoms with Crippen molar-refractivity contribution in [3.63, 3.8) is 0 Å². The summed E-state index contributed by atoms with van der Waals surface area (Å²) in [6.45, 7) is 7.20. The van der Waals surface area contributed by atoms with Crippen molar-refractivity contribution < 1.29 is 19.1 Å². The van der Waals surface area contributed by atoms with Gasteiger partial charge in [-0.1, -0.05) is 0 Å². The zero-order valence-electron chi connectivity index (χ0n) is 18.3. The van der Waals surface area contributed by atoms with Crippen molar-refractivity contribution in [2.75, 3.05) is 75.9 Å². The number of nitrogens with zero attached hydrogens (tertiary/aromatic N) is 4. The number of H-pyrrole nitrogens is 1. The van der Waals surface area contributed by atoms with Crippen molar-refractivity contribution in [2.24, 2.45) is 0 Å². The van der Waals surface area contributed by atoms with E-state index in [0.717, 1.165) is 32.8 Å². The fourth-order valence-electron chi connectivity index (χ4n) is 4.19. The molecule has 2 aromatic heterocycles. The van der Waals surface area contributed by atoms with Crippen LogP contribution in [0.4, 0.5) is 11.6 Å². The lowest BCUT2D eigenvalue weighted by molar-refractivity contribution is -0.110. The third kappa shape index (κ3) is 4.75. The number of aromatic amines is 1. The van der Waals surface area contributed by atoms with Crippen LogP contribution < -0.4 is 15.5 Å². The first-order valence-electron chi connectivity index (χ1n) is 11.2. The predicted molar refractivity (Wildman–Crippen MR) is 122 cm³/mol. The van der Waals surface area contributed by atoms with Crippen LogP contribution in [-0.4, -0.2) is 97.4 Å². The maximum atomic E-state index is 12.7. The number of carbonyl (C=O) groups is 2. The third-order valence-electron chi connectivity index (χ3n) is 5.95. The molecular weight excluding hydrogens is 426 g/mol. The average molecular weight is 454 g/mol.